The van der Waals surface area contributed by atoms with Crippen molar-refractivity contribution in [1.82, 2.24) is 0 Å². The molecule has 0 rings (SSSR count). The Morgan fingerprint density at radius 1 is 0.545 bits per heavy atom. The van der Waals surface area contributed by atoms with E-state index in [2.05, 4.69) is 98.9 Å². The molecule has 1 unspecified atom stereocenters. The second-order valence-corrected chi connectivity index (χ2v) is 10.9. The molecule has 0 aromatic rings. The highest BCUT2D eigenvalue weighted by Gasteiger charge is 2.15. The smallest absolute Gasteiger partial charge is 0.306 e. The fraction of sp³-hybridized carbons (Fsp3) is 0.590. The number of carbonyl (C=O) groups is 2. The Hall–Kier alpha value is -2.92. The van der Waals surface area contributed by atoms with Crippen LogP contribution >= 0.6 is 0 Å². The molecule has 0 bridgehead atoms. The molecular formula is C39H62O5. The SMILES string of the molecule is CC/C=C\C/C=C\C/C=C\C/C=C\C/C=C\CCCC(=O)OC(CO)COC(=O)CCCCCCC/C=C\C/C=C\CCC. The van der Waals surface area contributed by atoms with E-state index in [1.807, 2.05) is 0 Å². The van der Waals surface area contributed by atoms with Gasteiger partial charge in [0.15, 0.2) is 6.10 Å². The van der Waals surface area contributed by atoms with Gasteiger partial charge in [0, 0.05) is 12.8 Å². The van der Waals surface area contributed by atoms with Crippen molar-refractivity contribution in [3.8, 4) is 0 Å². The van der Waals surface area contributed by atoms with Gasteiger partial charge in [0.2, 0.25) is 0 Å². The standard InChI is InChI=1S/C39H62O5/c1-3-5-7-9-11-13-15-17-18-19-20-22-24-26-28-30-32-34-39(42)44-37(35-40)36-43-38(41)33-31-29-27-25-23-21-16-14-12-10-8-6-4-2/h5,7-8,10-11,13-14,16-18,20,22,26,28,37,40H,3-4,6,9,12,15,19,21,23-25,27,29-36H2,1-2H3/b7-5-,10-8-,13-11-,16-14-,18-17-,22-20-,28-26-. The molecule has 0 radical (unpaired) electrons. The molecule has 0 aliphatic heterocycles. The van der Waals surface area contributed by atoms with E-state index >= 15 is 0 Å². The summed E-state index contributed by atoms with van der Waals surface area (Å²) in [7, 11) is 0. The van der Waals surface area contributed by atoms with Crippen molar-refractivity contribution in [2.45, 2.75) is 136 Å². The average molecular weight is 611 g/mol. The molecule has 0 aromatic heterocycles. The van der Waals surface area contributed by atoms with Crippen molar-refractivity contribution >= 4 is 11.9 Å². The lowest BCUT2D eigenvalue weighted by Gasteiger charge is -2.15. The maximum absolute atomic E-state index is 12.1. The molecule has 0 saturated heterocycles. The summed E-state index contributed by atoms with van der Waals surface area (Å²) in [6.07, 6.45) is 46.4. The van der Waals surface area contributed by atoms with Gasteiger partial charge in [0.1, 0.15) is 6.61 Å². The zero-order chi connectivity index (χ0) is 32.2. The number of carbonyl (C=O) groups excluding carboxylic acids is 2. The fourth-order valence-corrected chi connectivity index (χ4v) is 4.09. The van der Waals surface area contributed by atoms with Crippen LogP contribution < -0.4 is 0 Å². The molecule has 0 aliphatic rings. The molecule has 0 aliphatic carbocycles. The van der Waals surface area contributed by atoms with E-state index in [9.17, 15) is 14.7 Å². The second-order valence-electron chi connectivity index (χ2n) is 10.9. The van der Waals surface area contributed by atoms with Gasteiger partial charge in [-0.1, -0.05) is 125 Å². The summed E-state index contributed by atoms with van der Waals surface area (Å²) < 4.78 is 10.5. The van der Waals surface area contributed by atoms with E-state index in [1.54, 1.807) is 0 Å². The van der Waals surface area contributed by atoms with Gasteiger partial charge in [-0.2, -0.15) is 0 Å². The number of hydrogen-bond donors (Lipinski definition) is 1. The highest BCUT2D eigenvalue weighted by Crippen LogP contribution is 2.09. The number of aliphatic hydroxyl groups is 1. The van der Waals surface area contributed by atoms with Crippen molar-refractivity contribution in [3.05, 3.63) is 85.1 Å². The van der Waals surface area contributed by atoms with Gasteiger partial charge >= 0.3 is 11.9 Å². The van der Waals surface area contributed by atoms with Crippen LogP contribution in [0.3, 0.4) is 0 Å². The third-order valence-electron chi connectivity index (χ3n) is 6.65. The Bertz CT molecular complexity index is 875. The van der Waals surface area contributed by atoms with Gasteiger partial charge in [-0.25, -0.2) is 0 Å². The normalized spacial score (nSPS) is 13.2. The maximum atomic E-state index is 12.1. The number of hydrogen-bond acceptors (Lipinski definition) is 5. The molecular weight excluding hydrogens is 548 g/mol. The summed E-state index contributed by atoms with van der Waals surface area (Å²) in [5, 5.41) is 9.50. The molecule has 0 amide bonds. The molecule has 1 atom stereocenters. The van der Waals surface area contributed by atoms with Crippen molar-refractivity contribution in [3.63, 3.8) is 0 Å². The quantitative estimate of drug-likeness (QED) is 0.0518. The van der Waals surface area contributed by atoms with Crippen LogP contribution in [0.15, 0.2) is 85.1 Å². The average Bonchev–Trinajstić information content (AvgIpc) is 3.02. The first-order valence-corrected chi connectivity index (χ1v) is 17.1. The molecule has 0 heterocycles. The van der Waals surface area contributed by atoms with E-state index in [4.69, 9.17) is 9.47 Å². The van der Waals surface area contributed by atoms with E-state index in [-0.39, 0.29) is 31.6 Å². The van der Waals surface area contributed by atoms with E-state index in [0.29, 0.717) is 12.8 Å². The first-order chi connectivity index (χ1) is 21.6. The predicted molar refractivity (Wildman–Crippen MR) is 186 cm³/mol. The van der Waals surface area contributed by atoms with Crippen molar-refractivity contribution in [2.75, 3.05) is 13.2 Å². The van der Waals surface area contributed by atoms with Gasteiger partial charge in [0.25, 0.3) is 0 Å². The Balaban J connectivity index is 3.76. The minimum atomic E-state index is -0.810. The summed E-state index contributed by atoms with van der Waals surface area (Å²) in [5.41, 5.74) is 0. The van der Waals surface area contributed by atoms with Crippen LogP contribution in [0, 0.1) is 0 Å². The fourth-order valence-electron chi connectivity index (χ4n) is 4.09. The van der Waals surface area contributed by atoms with Crippen molar-refractivity contribution in [1.29, 1.82) is 0 Å². The molecule has 0 saturated carbocycles. The summed E-state index contributed by atoms with van der Waals surface area (Å²) in [6, 6.07) is 0. The molecule has 248 valence electrons. The van der Waals surface area contributed by atoms with Gasteiger partial charge in [-0.15, -0.1) is 0 Å². The van der Waals surface area contributed by atoms with Crippen LogP contribution in [-0.2, 0) is 19.1 Å². The summed E-state index contributed by atoms with van der Waals surface area (Å²) in [4.78, 5) is 24.1. The molecule has 1 N–H and O–H groups in total. The third kappa shape index (κ3) is 32.0. The number of esters is 2. The van der Waals surface area contributed by atoms with Crippen LogP contribution in [0.4, 0.5) is 0 Å². The Kier molecular flexibility index (Phi) is 32.3. The predicted octanol–water partition coefficient (Wildman–Crippen LogP) is 10.4. The van der Waals surface area contributed by atoms with Gasteiger partial charge < -0.3 is 14.6 Å². The van der Waals surface area contributed by atoms with E-state index in [0.717, 1.165) is 83.5 Å². The Morgan fingerprint density at radius 2 is 1.00 bits per heavy atom. The third-order valence-corrected chi connectivity index (χ3v) is 6.65. The van der Waals surface area contributed by atoms with E-state index in [1.165, 1.54) is 12.8 Å². The first kappa shape index (κ1) is 41.1. The lowest BCUT2D eigenvalue weighted by Crippen LogP contribution is -2.28. The minimum Gasteiger partial charge on any atom is -0.462 e. The zero-order valence-electron chi connectivity index (χ0n) is 27.9. The molecule has 0 spiro atoms. The van der Waals surface area contributed by atoms with Crippen LogP contribution in [0.25, 0.3) is 0 Å². The molecule has 5 heteroatoms. The Morgan fingerprint density at radius 3 is 1.55 bits per heavy atom. The maximum Gasteiger partial charge on any atom is 0.306 e. The summed E-state index contributed by atoms with van der Waals surface area (Å²) >= 11 is 0. The van der Waals surface area contributed by atoms with Gasteiger partial charge in [0.05, 0.1) is 6.61 Å². The molecule has 0 aromatic carbocycles. The van der Waals surface area contributed by atoms with Gasteiger partial charge in [-0.05, 0) is 77.0 Å². The van der Waals surface area contributed by atoms with Crippen molar-refractivity contribution < 1.29 is 24.2 Å². The number of unbranched alkanes of at least 4 members (excludes halogenated alkanes) is 7. The number of aliphatic hydroxyl groups excluding tert-OH is 1. The second kappa shape index (κ2) is 34.6. The number of rotatable bonds is 29. The van der Waals surface area contributed by atoms with Crippen LogP contribution in [0.2, 0.25) is 0 Å². The largest absolute Gasteiger partial charge is 0.462 e. The van der Waals surface area contributed by atoms with Crippen LogP contribution in [-0.4, -0.2) is 36.4 Å². The van der Waals surface area contributed by atoms with Gasteiger partial charge in [-0.3, -0.25) is 9.59 Å². The van der Waals surface area contributed by atoms with Crippen LogP contribution in [0.1, 0.15) is 129 Å². The van der Waals surface area contributed by atoms with Crippen molar-refractivity contribution in [2.24, 2.45) is 0 Å². The zero-order valence-corrected chi connectivity index (χ0v) is 27.9. The Labute approximate surface area is 269 Å². The van der Waals surface area contributed by atoms with E-state index < -0.39 is 6.10 Å². The monoisotopic (exact) mass is 610 g/mol. The first-order valence-electron chi connectivity index (χ1n) is 17.1. The van der Waals surface area contributed by atoms with Crippen LogP contribution in [0.5, 0.6) is 0 Å². The lowest BCUT2D eigenvalue weighted by atomic mass is 10.1. The highest BCUT2D eigenvalue weighted by atomic mass is 16.6. The minimum absolute atomic E-state index is 0.101. The molecule has 5 nitrogen and oxygen atoms in total. The summed E-state index contributed by atoms with van der Waals surface area (Å²) in [6.45, 7) is 3.86. The number of ether oxygens (including phenoxy) is 2. The highest BCUT2D eigenvalue weighted by molar-refractivity contribution is 5.70. The number of allylic oxidation sites excluding steroid dienone is 14. The summed E-state index contributed by atoms with van der Waals surface area (Å²) in [5.74, 6) is -0.688. The molecule has 44 heavy (non-hydrogen) atoms. The molecule has 0 fully saturated rings. The topological polar surface area (TPSA) is 72.8 Å². The lowest BCUT2D eigenvalue weighted by molar-refractivity contribution is -0.161.